The van der Waals surface area contributed by atoms with Gasteiger partial charge in [-0.2, -0.15) is 10.2 Å². The fourth-order valence-electron chi connectivity index (χ4n) is 3.94. The monoisotopic (exact) mass is 365 g/mol. The van der Waals surface area contributed by atoms with E-state index in [1.165, 1.54) is 0 Å². The van der Waals surface area contributed by atoms with Crippen molar-refractivity contribution in [2.24, 2.45) is 10.2 Å². The molecule has 2 aromatic rings. The van der Waals surface area contributed by atoms with Crippen LogP contribution in [0.25, 0.3) is 11.0 Å². The molecule has 1 aromatic carbocycles. The molecule has 27 heavy (non-hydrogen) atoms. The van der Waals surface area contributed by atoms with E-state index in [-0.39, 0.29) is 17.6 Å². The SMILES string of the molecule is C#CCCC1(CCC(=O)N2CCC(n3c(=O)[nH]c4ccccc43)CC2)N=N1. The molecule has 7 heteroatoms. The fraction of sp³-hybridized carbons (Fsp3) is 0.500. The van der Waals surface area contributed by atoms with E-state index in [4.69, 9.17) is 6.42 Å². The summed E-state index contributed by atoms with van der Waals surface area (Å²) in [5.41, 5.74) is 1.31. The molecule has 0 saturated carbocycles. The molecule has 1 amide bonds. The highest BCUT2D eigenvalue weighted by atomic mass is 16.2. The summed E-state index contributed by atoms with van der Waals surface area (Å²) in [6, 6.07) is 7.85. The van der Waals surface area contributed by atoms with Gasteiger partial charge in [-0.05, 0) is 25.0 Å². The second kappa shape index (κ2) is 7.03. The minimum Gasteiger partial charge on any atom is -0.343 e. The summed E-state index contributed by atoms with van der Waals surface area (Å²) in [5.74, 6) is 2.74. The number of hydrogen-bond acceptors (Lipinski definition) is 4. The van der Waals surface area contributed by atoms with Crippen molar-refractivity contribution in [3.63, 3.8) is 0 Å². The Morgan fingerprint density at radius 2 is 2.00 bits per heavy atom. The Bertz CT molecular complexity index is 966. The van der Waals surface area contributed by atoms with Gasteiger partial charge in [0.25, 0.3) is 0 Å². The standard InChI is InChI=1S/C20H23N5O2/c1-2-3-11-20(22-23-20)12-8-18(26)24-13-9-15(10-14-24)25-17-7-5-4-6-16(17)21-19(25)27/h1,4-7,15H,3,8-14H2,(H,21,27). The van der Waals surface area contributed by atoms with Gasteiger partial charge < -0.3 is 9.88 Å². The lowest BCUT2D eigenvalue weighted by Gasteiger charge is -2.32. The lowest BCUT2D eigenvalue weighted by atomic mass is 10.0. The minimum atomic E-state index is -0.405. The van der Waals surface area contributed by atoms with Crippen LogP contribution in [0.5, 0.6) is 0 Å². The lowest BCUT2D eigenvalue weighted by Crippen LogP contribution is -2.40. The van der Waals surface area contributed by atoms with Crippen molar-refractivity contribution in [2.45, 2.75) is 50.2 Å². The zero-order chi connectivity index (χ0) is 18.9. The molecule has 0 atom stereocenters. The average molecular weight is 365 g/mol. The van der Waals surface area contributed by atoms with Gasteiger partial charge in [0, 0.05) is 44.8 Å². The van der Waals surface area contributed by atoms with Crippen LogP contribution in [0.2, 0.25) is 0 Å². The molecule has 1 aromatic heterocycles. The Balaban J connectivity index is 1.34. The topological polar surface area (TPSA) is 82.8 Å². The summed E-state index contributed by atoms with van der Waals surface area (Å²) in [6.45, 7) is 1.34. The van der Waals surface area contributed by atoms with Crippen molar-refractivity contribution in [3.05, 3.63) is 34.7 Å². The number of fused-ring (bicyclic) bond motifs is 1. The van der Waals surface area contributed by atoms with Gasteiger partial charge in [-0.15, -0.1) is 12.3 Å². The molecule has 4 rings (SSSR count). The number of amides is 1. The maximum Gasteiger partial charge on any atom is 0.326 e. The van der Waals surface area contributed by atoms with Crippen LogP contribution in [-0.2, 0) is 4.79 Å². The van der Waals surface area contributed by atoms with Crippen molar-refractivity contribution >= 4 is 16.9 Å². The number of rotatable bonds is 6. The number of nitrogens with one attached hydrogen (secondary N) is 1. The maximum atomic E-state index is 12.5. The van der Waals surface area contributed by atoms with Crippen LogP contribution in [0, 0.1) is 12.3 Å². The van der Waals surface area contributed by atoms with Crippen LogP contribution < -0.4 is 5.69 Å². The smallest absolute Gasteiger partial charge is 0.326 e. The van der Waals surface area contributed by atoms with Gasteiger partial charge in [-0.25, -0.2) is 4.79 Å². The molecule has 0 bridgehead atoms. The molecule has 2 aliphatic heterocycles. The Kier molecular flexibility index (Phi) is 4.56. The Hall–Kier alpha value is -2.88. The van der Waals surface area contributed by atoms with Gasteiger partial charge >= 0.3 is 5.69 Å². The first-order valence-electron chi connectivity index (χ1n) is 9.46. The second-order valence-electron chi connectivity index (χ2n) is 7.32. The van der Waals surface area contributed by atoms with Gasteiger partial charge in [0.05, 0.1) is 11.0 Å². The average Bonchev–Trinajstić information content (AvgIpc) is 3.39. The summed E-state index contributed by atoms with van der Waals surface area (Å²) in [5, 5.41) is 8.18. The number of H-pyrrole nitrogens is 1. The second-order valence-corrected chi connectivity index (χ2v) is 7.32. The summed E-state index contributed by atoms with van der Waals surface area (Å²) < 4.78 is 1.84. The quantitative estimate of drug-likeness (QED) is 0.799. The molecular weight excluding hydrogens is 342 g/mol. The van der Waals surface area contributed by atoms with Crippen molar-refractivity contribution in [3.8, 4) is 12.3 Å². The number of nitrogens with zero attached hydrogens (tertiary/aromatic N) is 4. The number of aromatic nitrogens is 2. The lowest BCUT2D eigenvalue weighted by molar-refractivity contribution is -0.132. The van der Waals surface area contributed by atoms with Gasteiger partial charge in [0.2, 0.25) is 5.91 Å². The van der Waals surface area contributed by atoms with E-state index in [0.717, 1.165) is 30.3 Å². The first-order chi connectivity index (χ1) is 13.1. The summed E-state index contributed by atoms with van der Waals surface area (Å²) in [4.78, 5) is 29.7. The number of benzene rings is 1. The number of aromatic amines is 1. The third-order valence-corrected chi connectivity index (χ3v) is 5.60. The van der Waals surface area contributed by atoms with Crippen molar-refractivity contribution < 1.29 is 4.79 Å². The zero-order valence-corrected chi connectivity index (χ0v) is 15.2. The third-order valence-electron chi connectivity index (χ3n) is 5.60. The van der Waals surface area contributed by atoms with Crippen molar-refractivity contribution in [1.29, 1.82) is 0 Å². The number of carbonyl (C=O) groups excluding carboxylic acids is 1. The minimum absolute atomic E-state index is 0.0756. The molecule has 0 aliphatic carbocycles. The molecule has 140 valence electrons. The fourth-order valence-corrected chi connectivity index (χ4v) is 3.94. The predicted molar refractivity (Wildman–Crippen MR) is 102 cm³/mol. The Morgan fingerprint density at radius 1 is 1.26 bits per heavy atom. The van der Waals surface area contributed by atoms with E-state index in [9.17, 15) is 9.59 Å². The summed E-state index contributed by atoms with van der Waals surface area (Å²) >= 11 is 0. The number of carbonyl (C=O) groups is 1. The van der Waals surface area contributed by atoms with Crippen molar-refractivity contribution in [1.82, 2.24) is 14.5 Å². The van der Waals surface area contributed by atoms with Crippen LogP contribution in [0.3, 0.4) is 0 Å². The van der Waals surface area contributed by atoms with E-state index in [1.807, 2.05) is 33.7 Å². The number of terminal acetylenes is 1. The van der Waals surface area contributed by atoms with E-state index >= 15 is 0 Å². The van der Waals surface area contributed by atoms with Crippen LogP contribution >= 0.6 is 0 Å². The molecule has 0 radical (unpaired) electrons. The highest BCUT2D eigenvalue weighted by Crippen LogP contribution is 2.38. The first kappa shape index (κ1) is 17.5. The van der Waals surface area contributed by atoms with Crippen LogP contribution in [0.1, 0.15) is 44.6 Å². The molecule has 0 unspecified atom stereocenters. The highest BCUT2D eigenvalue weighted by Gasteiger charge is 2.39. The van der Waals surface area contributed by atoms with Gasteiger partial charge in [-0.3, -0.25) is 9.36 Å². The third kappa shape index (κ3) is 3.52. The maximum absolute atomic E-state index is 12.5. The van der Waals surface area contributed by atoms with E-state index in [2.05, 4.69) is 21.1 Å². The van der Waals surface area contributed by atoms with Crippen molar-refractivity contribution in [2.75, 3.05) is 13.1 Å². The molecule has 1 saturated heterocycles. The number of hydrogen-bond donors (Lipinski definition) is 1. The van der Waals surface area contributed by atoms with Gasteiger partial charge in [0.15, 0.2) is 5.66 Å². The Labute approximate surface area is 157 Å². The number of likely N-dealkylation sites (tertiary alicyclic amines) is 1. The Morgan fingerprint density at radius 3 is 2.70 bits per heavy atom. The molecule has 0 spiro atoms. The normalized spacial score (nSPS) is 18.6. The predicted octanol–water partition coefficient (Wildman–Crippen LogP) is 2.85. The van der Waals surface area contributed by atoms with Crippen LogP contribution in [-0.4, -0.2) is 39.1 Å². The molecule has 2 aliphatic rings. The molecular formula is C20H23N5O2. The molecule has 7 nitrogen and oxygen atoms in total. The molecule has 3 heterocycles. The number of para-hydroxylation sites is 2. The van der Waals surface area contributed by atoms with Gasteiger partial charge in [-0.1, -0.05) is 12.1 Å². The molecule has 1 fully saturated rings. The van der Waals surface area contributed by atoms with E-state index in [1.54, 1.807) is 0 Å². The summed E-state index contributed by atoms with van der Waals surface area (Å²) in [7, 11) is 0. The number of imidazole rings is 1. The van der Waals surface area contributed by atoms with Gasteiger partial charge in [0.1, 0.15) is 0 Å². The first-order valence-corrected chi connectivity index (χ1v) is 9.46. The van der Waals surface area contributed by atoms with Crippen LogP contribution in [0.15, 0.2) is 39.3 Å². The van der Waals surface area contributed by atoms with E-state index < -0.39 is 5.66 Å². The largest absolute Gasteiger partial charge is 0.343 e. The summed E-state index contributed by atoms with van der Waals surface area (Å²) in [6.07, 6.45) is 9.29. The zero-order valence-electron chi connectivity index (χ0n) is 15.2. The van der Waals surface area contributed by atoms with Crippen LogP contribution in [0.4, 0.5) is 0 Å². The number of piperidine rings is 1. The molecule has 1 N–H and O–H groups in total. The van der Waals surface area contributed by atoms with E-state index in [0.29, 0.717) is 32.4 Å². The highest BCUT2D eigenvalue weighted by molar-refractivity contribution is 5.77.